The van der Waals surface area contributed by atoms with E-state index in [0.717, 1.165) is 50.2 Å². The fourth-order valence-electron chi connectivity index (χ4n) is 3.91. The highest BCUT2D eigenvalue weighted by Gasteiger charge is 2.32. The first kappa shape index (κ1) is 17.3. The summed E-state index contributed by atoms with van der Waals surface area (Å²) in [5, 5.41) is 3.61. The number of furan rings is 1. The van der Waals surface area contributed by atoms with E-state index in [2.05, 4.69) is 46.1 Å². The van der Waals surface area contributed by atoms with E-state index in [-0.39, 0.29) is 6.04 Å². The van der Waals surface area contributed by atoms with Gasteiger partial charge in [-0.05, 0) is 56.8 Å². The van der Waals surface area contributed by atoms with Crippen molar-refractivity contribution in [3.8, 4) is 0 Å². The molecule has 2 aliphatic heterocycles. The Labute approximate surface area is 146 Å². The van der Waals surface area contributed by atoms with Gasteiger partial charge in [0.05, 0.1) is 6.04 Å². The van der Waals surface area contributed by atoms with E-state index >= 15 is 0 Å². The van der Waals surface area contributed by atoms with E-state index < -0.39 is 0 Å². The van der Waals surface area contributed by atoms with Gasteiger partial charge in [0.1, 0.15) is 11.5 Å². The molecule has 0 aromatic carbocycles. The number of nitrogens with one attached hydrogen (secondary N) is 1. The van der Waals surface area contributed by atoms with Gasteiger partial charge in [0.25, 0.3) is 0 Å². The molecule has 1 atom stereocenters. The third-order valence-electron chi connectivity index (χ3n) is 5.31. The van der Waals surface area contributed by atoms with Crippen LogP contribution in [0, 0.1) is 12.3 Å². The third-order valence-corrected chi connectivity index (χ3v) is 5.31. The Hall–Kier alpha value is -1.49. The summed E-state index contributed by atoms with van der Waals surface area (Å²) in [6.45, 7) is 12.0. The highest BCUT2D eigenvalue weighted by atomic mass is 16.3. The highest BCUT2D eigenvalue weighted by molar-refractivity contribution is 5.80. The molecule has 1 unspecified atom stereocenters. The van der Waals surface area contributed by atoms with Crippen LogP contribution in [0.15, 0.2) is 21.5 Å². The molecular formula is C19H32N4O. The molecule has 3 rings (SSSR count). The Morgan fingerprint density at radius 2 is 2.04 bits per heavy atom. The Bertz CT molecular complexity index is 572. The van der Waals surface area contributed by atoms with Crippen molar-refractivity contribution in [2.24, 2.45) is 10.4 Å². The molecule has 0 spiro atoms. The van der Waals surface area contributed by atoms with E-state index in [1.54, 1.807) is 0 Å². The molecule has 2 fully saturated rings. The summed E-state index contributed by atoms with van der Waals surface area (Å²) in [6, 6.07) is 4.48. The van der Waals surface area contributed by atoms with Crippen LogP contribution in [-0.4, -0.2) is 55.5 Å². The molecule has 3 heterocycles. The number of nitrogens with zero attached hydrogens (tertiary/aromatic N) is 3. The quantitative estimate of drug-likeness (QED) is 0.680. The summed E-state index contributed by atoms with van der Waals surface area (Å²) < 4.78 is 5.95. The maximum Gasteiger partial charge on any atom is 0.193 e. The Kier molecular flexibility index (Phi) is 5.18. The third kappa shape index (κ3) is 3.94. The molecule has 0 aliphatic carbocycles. The summed E-state index contributed by atoms with van der Waals surface area (Å²) in [5.74, 6) is 3.08. The summed E-state index contributed by atoms with van der Waals surface area (Å²) in [5.41, 5.74) is 0.379. The summed E-state index contributed by atoms with van der Waals surface area (Å²) in [7, 11) is 1.88. The molecule has 1 N–H and O–H groups in total. The van der Waals surface area contributed by atoms with Crippen LogP contribution in [0.1, 0.15) is 50.7 Å². The largest absolute Gasteiger partial charge is 0.465 e. The first-order valence-corrected chi connectivity index (χ1v) is 9.24. The normalized spacial score (nSPS) is 23.0. The predicted molar refractivity (Wildman–Crippen MR) is 98.3 cm³/mol. The van der Waals surface area contributed by atoms with Gasteiger partial charge < -0.3 is 14.6 Å². The van der Waals surface area contributed by atoms with Gasteiger partial charge >= 0.3 is 0 Å². The number of aliphatic imine (C=N–C) groups is 1. The van der Waals surface area contributed by atoms with Gasteiger partial charge in [0.15, 0.2) is 5.96 Å². The van der Waals surface area contributed by atoms with Gasteiger partial charge in [0.2, 0.25) is 0 Å². The first-order chi connectivity index (χ1) is 11.5. The molecule has 134 valence electrons. The Morgan fingerprint density at radius 3 is 2.58 bits per heavy atom. The van der Waals surface area contributed by atoms with Crippen molar-refractivity contribution in [2.45, 2.75) is 46.1 Å². The molecule has 2 saturated heterocycles. The average Bonchev–Trinajstić information content (AvgIpc) is 3.26. The Morgan fingerprint density at radius 1 is 1.29 bits per heavy atom. The van der Waals surface area contributed by atoms with Crippen LogP contribution in [0.3, 0.4) is 0 Å². The summed E-state index contributed by atoms with van der Waals surface area (Å²) in [4.78, 5) is 9.43. The molecule has 0 radical (unpaired) electrons. The van der Waals surface area contributed by atoms with Crippen molar-refractivity contribution in [2.75, 3.05) is 39.8 Å². The fraction of sp³-hybridized carbons (Fsp3) is 0.737. The minimum absolute atomic E-state index is 0.286. The topological polar surface area (TPSA) is 44.0 Å². The summed E-state index contributed by atoms with van der Waals surface area (Å²) >= 11 is 0. The summed E-state index contributed by atoms with van der Waals surface area (Å²) in [6.07, 6.45) is 3.79. The number of likely N-dealkylation sites (tertiary alicyclic amines) is 2. The van der Waals surface area contributed by atoms with E-state index in [1.165, 1.54) is 19.3 Å². The second-order valence-electron chi connectivity index (χ2n) is 7.97. The van der Waals surface area contributed by atoms with Crippen molar-refractivity contribution < 1.29 is 4.42 Å². The van der Waals surface area contributed by atoms with Crippen LogP contribution in [0.2, 0.25) is 0 Å². The standard InChI is InChI=1S/C19H32N4O/c1-15-7-8-17(24-15)16(22-10-5-6-11-22)13-21-18(20-4)23-12-9-19(2,3)14-23/h7-8,16H,5-6,9-14H2,1-4H3,(H,20,21). The second kappa shape index (κ2) is 7.18. The van der Waals surface area contributed by atoms with Crippen molar-refractivity contribution in [3.63, 3.8) is 0 Å². The first-order valence-electron chi connectivity index (χ1n) is 9.24. The lowest BCUT2D eigenvalue weighted by Gasteiger charge is -2.29. The van der Waals surface area contributed by atoms with E-state index in [0.29, 0.717) is 5.41 Å². The highest BCUT2D eigenvalue weighted by Crippen LogP contribution is 2.29. The Balaban J connectivity index is 1.66. The molecule has 24 heavy (non-hydrogen) atoms. The van der Waals surface area contributed by atoms with Crippen LogP contribution in [0.4, 0.5) is 0 Å². The molecular weight excluding hydrogens is 300 g/mol. The lowest BCUT2D eigenvalue weighted by Crippen LogP contribution is -2.44. The van der Waals surface area contributed by atoms with Crippen molar-refractivity contribution in [3.05, 3.63) is 23.7 Å². The smallest absolute Gasteiger partial charge is 0.193 e. The van der Waals surface area contributed by atoms with Crippen LogP contribution in [0.5, 0.6) is 0 Å². The fourth-order valence-corrected chi connectivity index (χ4v) is 3.91. The molecule has 5 nitrogen and oxygen atoms in total. The van der Waals surface area contributed by atoms with Gasteiger partial charge in [-0.2, -0.15) is 0 Å². The maximum atomic E-state index is 5.95. The van der Waals surface area contributed by atoms with E-state index in [1.807, 2.05) is 14.0 Å². The number of hydrogen-bond donors (Lipinski definition) is 1. The minimum Gasteiger partial charge on any atom is -0.465 e. The van der Waals surface area contributed by atoms with Crippen molar-refractivity contribution >= 4 is 5.96 Å². The zero-order valence-electron chi connectivity index (χ0n) is 15.6. The monoisotopic (exact) mass is 332 g/mol. The molecule has 0 amide bonds. The maximum absolute atomic E-state index is 5.95. The lowest BCUT2D eigenvalue weighted by atomic mass is 9.93. The predicted octanol–water partition coefficient (Wildman–Crippen LogP) is 3.03. The number of aryl methyl sites for hydroxylation is 1. The number of rotatable bonds is 4. The molecule has 0 saturated carbocycles. The lowest BCUT2D eigenvalue weighted by molar-refractivity contribution is 0.212. The van der Waals surface area contributed by atoms with Crippen LogP contribution >= 0.6 is 0 Å². The van der Waals surface area contributed by atoms with Crippen LogP contribution in [-0.2, 0) is 0 Å². The minimum atomic E-state index is 0.286. The van der Waals surface area contributed by atoms with Gasteiger partial charge in [-0.25, -0.2) is 0 Å². The molecule has 5 heteroatoms. The van der Waals surface area contributed by atoms with E-state index in [9.17, 15) is 0 Å². The van der Waals surface area contributed by atoms with Crippen LogP contribution < -0.4 is 5.32 Å². The van der Waals surface area contributed by atoms with Crippen LogP contribution in [0.25, 0.3) is 0 Å². The van der Waals surface area contributed by atoms with Gasteiger partial charge in [-0.1, -0.05) is 13.8 Å². The molecule has 1 aromatic heterocycles. The zero-order valence-corrected chi connectivity index (χ0v) is 15.6. The zero-order chi connectivity index (χ0) is 17.2. The van der Waals surface area contributed by atoms with E-state index in [4.69, 9.17) is 4.42 Å². The van der Waals surface area contributed by atoms with Crippen molar-refractivity contribution in [1.82, 2.24) is 15.1 Å². The number of hydrogen-bond acceptors (Lipinski definition) is 3. The number of guanidine groups is 1. The van der Waals surface area contributed by atoms with Gasteiger partial charge in [-0.3, -0.25) is 9.89 Å². The average molecular weight is 332 g/mol. The second-order valence-corrected chi connectivity index (χ2v) is 7.97. The SMILES string of the molecule is CN=C(NCC(c1ccc(C)o1)N1CCCC1)N1CCC(C)(C)C1. The van der Waals surface area contributed by atoms with Gasteiger partial charge in [-0.15, -0.1) is 0 Å². The molecule has 0 bridgehead atoms. The van der Waals surface area contributed by atoms with Crippen molar-refractivity contribution in [1.29, 1.82) is 0 Å². The van der Waals surface area contributed by atoms with Gasteiger partial charge in [0, 0.05) is 26.7 Å². The molecule has 2 aliphatic rings. The molecule has 1 aromatic rings.